The van der Waals surface area contributed by atoms with E-state index in [0.29, 0.717) is 18.1 Å². The van der Waals surface area contributed by atoms with Crippen LogP contribution in [0.2, 0.25) is 0 Å². The van der Waals surface area contributed by atoms with Crippen LogP contribution in [0.15, 0.2) is 10.6 Å². The van der Waals surface area contributed by atoms with Crippen LogP contribution in [0, 0.1) is 6.92 Å². The maximum atomic E-state index is 11.6. The first kappa shape index (κ1) is 14.1. The van der Waals surface area contributed by atoms with Crippen LogP contribution in [0.5, 0.6) is 0 Å². The van der Waals surface area contributed by atoms with E-state index < -0.39 is 10.0 Å². The molecule has 0 saturated carbocycles. The Balaban J connectivity index is 2.29. The molecule has 98 valence electrons. The summed E-state index contributed by atoms with van der Waals surface area (Å²) in [5.74, 6) is 1.20. The lowest BCUT2D eigenvalue weighted by molar-refractivity contribution is 0.463. The first-order valence-electron chi connectivity index (χ1n) is 5.57. The molecule has 0 amide bonds. The fourth-order valence-corrected chi connectivity index (χ4v) is 2.39. The van der Waals surface area contributed by atoms with E-state index in [4.69, 9.17) is 4.42 Å². The Morgan fingerprint density at radius 1 is 1.41 bits per heavy atom. The first-order chi connectivity index (χ1) is 8.03. The third-order valence-electron chi connectivity index (χ3n) is 2.20. The molecule has 0 aliphatic heterocycles. The molecule has 0 spiro atoms. The minimum atomic E-state index is -3.23. The molecule has 0 aliphatic carbocycles. The number of nitrogens with zero attached hydrogens (tertiary/aromatic N) is 1. The van der Waals surface area contributed by atoms with Crippen molar-refractivity contribution in [2.45, 2.75) is 26.3 Å². The van der Waals surface area contributed by atoms with Crippen molar-refractivity contribution < 1.29 is 12.8 Å². The van der Waals surface area contributed by atoms with E-state index in [1.807, 2.05) is 7.05 Å². The zero-order chi connectivity index (χ0) is 12.7. The summed E-state index contributed by atoms with van der Waals surface area (Å²) in [6.07, 6.45) is 3.05. The maximum absolute atomic E-state index is 11.6. The van der Waals surface area contributed by atoms with Crippen LogP contribution in [0.4, 0.5) is 0 Å². The van der Waals surface area contributed by atoms with Crippen LogP contribution in [-0.4, -0.2) is 32.7 Å². The van der Waals surface area contributed by atoms with Crippen molar-refractivity contribution >= 4 is 10.0 Å². The molecule has 1 rings (SSSR count). The standard InChI is InChI=1S/C10H19N3O3S/c1-9-7-12-10(16-9)8-13-17(14,15)6-4-3-5-11-2/h7,11,13H,3-6,8H2,1-2H3. The number of aromatic nitrogens is 1. The highest BCUT2D eigenvalue weighted by atomic mass is 32.2. The molecule has 0 aromatic carbocycles. The Kier molecular flexibility index (Phi) is 5.60. The molecule has 7 heteroatoms. The predicted molar refractivity (Wildman–Crippen MR) is 65.0 cm³/mol. The molecule has 1 aromatic heterocycles. The van der Waals surface area contributed by atoms with Gasteiger partial charge in [-0.25, -0.2) is 18.1 Å². The summed E-state index contributed by atoms with van der Waals surface area (Å²) in [6.45, 7) is 2.71. The van der Waals surface area contributed by atoms with Crippen molar-refractivity contribution in [1.29, 1.82) is 0 Å². The van der Waals surface area contributed by atoms with Crippen molar-refractivity contribution in [2.24, 2.45) is 0 Å². The van der Waals surface area contributed by atoms with Crippen LogP contribution < -0.4 is 10.0 Å². The minimum Gasteiger partial charge on any atom is -0.445 e. The molecule has 0 bridgehead atoms. The number of hydrogen-bond donors (Lipinski definition) is 2. The molecule has 1 aromatic rings. The molecule has 2 N–H and O–H groups in total. The normalized spacial score (nSPS) is 11.9. The van der Waals surface area contributed by atoms with Gasteiger partial charge >= 0.3 is 0 Å². The summed E-state index contributed by atoms with van der Waals surface area (Å²) in [6, 6.07) is 0. The Morgan fingerprint density at radius 3 is 2.76 bits per heavy atom. The lowest BCUT2D eigenvalue weighted by atomic mass is 10.3. The molecule has 0 radical (unpaired) electrons. The van der Waals surface area contributed by atoms with Crippen LogP contribution >= 0.6 is 0 Å². The van der Waals surface area contributed by atoms with Crippen molar-refractivity contribution in [3.63, 3.8) is 0 Å². The lowest BCUT2D eigenvalue weighted by Gasteiger charge is -2.04. The molecular weight excluding hydrogens is 242 g/mol. The molecule has 0 aliphatic rings. The molecular formula is C10H19N3O3S. The van der Waals surface area contributed by atoms with Crippen molar-refractivity contribution in [1.82, 2.24) is 15.0 Å². The largest absolute Gasteiger partial charge is 0.445 e. The highest BCUT2D eigenvalue weighted by Crippen LogP contribution is 2.02. The Morgan fingerprint density at radius 2 is 2.18 bits per heavy atom. The van der Waals surface area contributed by atoms with Gasteiger partial charge in [0.05, 0.1) is 18.5 Å². The quantitative estimate of drug-likeness (QED) is 0.662. The summed E-state index contributed by atoms with van der Waals surface area (Å²) in [4.78, 5) is 3.92. The third kappa shape index (κ3) is 5.81. The number of hydrogen-bond acceptors (Lipinski definition) is 5. The van der Waals surface area contributed by atoms with Crippen LogP contribution in [0.3, 0.4) is 0 Å². The molecule has 1 heterocycles. The fraction of sp³-hybridized carbons (Fsp3) is 0.700. The van der Waals surface area contributed by atoms with E-state index in [1.165, 1.54) is 0 Å². The average Bonchev–Trinajstić information content (AvgIpc) is 2.68. The van der Waals surface area contributed by atoms with E-state index in [9.17, 15) is 8.42 Å². The number of oxazole rings is 1. The highest BCUT2D eigenvalue weighted by molar-refractivity contribution is 7.89. The van der Waals surface area contributed by atoms with Gasteiger partial charge in [-0.1, -0.05) is 0 Å². The van der Waals surface area contributed by atoms with Gasteiger partial charge in [0.2, 0.25) is 15.9 Å². The van der Waals surface area contributed by atoms with Gasteiger partial charge in [-0.2, -0.15) is 0 Å². The average molecular weight is 261 g/mol. The summed E-state index contributed by atoms with van der Waals surface area (Å²) in [5.41, 5.74) is 0. The lowest BCUT2D eigenvalue weighted by Crippen LogP contribution is -2.26. The second-order valence-electron chi connectivity index (χ2n) is 3.82. The molecule has 0 atom stereocenters. The van der Waals surface area contributed by atoms with Gasteiger partial charge in [0.15, 0.2) is 0 Å². The summed E-state index contributed by atoms with van der Waals surface area (Å²) >= 11 is 0. The van der Waals surface area contributed by atoms with Gasteiger partial charge in [-0.15, -0.1) is 0 Å². The second kappa shape index (κ2) is 6.73. The minimum absolute atomic E-state index is 0.113. The van der Waals surface area contributed by atoms with Crippen molar-refractivity contribution in [2.75, 3.05) is 19.3 Å². The number of rotatable bonds is 8. The van der Waals surface area contributed by atoms with E-state index >= 15 is 0 Å². The van der Waals surface area contributed by atoms with Gasteiger partial charge in [0.1, 0.15) is 5.76 Å². The topological polar surface area (TPSA) is 84.2 Å². The van der Waals surface area contributed by atoms with Gasteiger partial charge < -0.3 is 9.73 Å². The van der Waals surface area contributed by atoms with E-state index in [1.54, 1.807) is 13.1 Å². The van der Waals surface area contributed by atoms with Gasteiger partial charge in [0, 0.05) is 0 Å². The zero-order valence-corrected chi connectivity index (χ0v) is 11.0. The second-order valence-corrected chi connectivity index (χ2v) is 5.74. The van der Waals surface area contributed by atoms with Gasteiger partial charge in [-0.05, 0) is 33.4 Å². The van der Waals surface area contributed by atoms with Gasteiger partial charge in [-0.3, -0.25) is 0 Å². The Hall–Kier alpha value is -0.920. The fourth-order valence-electron chi connectivity index (χ4n) is 1.32. The van der Waals surface area contributed by atoms with E-state index in [-0.39, 0.29) is 12.3 Å². The maximum Gasteiger partial charge on any atom is 0.212 e. The van der Waals surface area contributed by atoms with Crippen molar-refractivity contribution in [3.8, 4) is 0 Å². The van der Waals surface area contributed by atoms with E-state index in [0.717, 1.165) is 13.0 Å². The number of nitrogens with one attached hydrogen (secondary N) is 2. The monoisotopic (exact) mass is 261 g/mol. The molecule has 0 unspecified atom stereocenters. The Labute approximate surface area is 102 Å². The number of aryl methyl sites for hydroxylation is 1. The summed E-state index contributed by atoms with van der Waals surface area (Å²) in [5, 5.41) is 2.97. The third-order valence-corrected chi connectivity index (χ3v) is 3.61. The SMILES string of the molecule is CNCCCCS(=O)(=O)NCc1ncc(C)o1. The zero-order valence-electron chi connectivity index (χ0n) is 10.2. The highest BCUT2D eigenvalue weighted by Gasteiger charge is 2.11. The van der Waals surface area contributed by atoms with Crippen molar-refractivity contribution in [3.05, 3.63) is 17.8 Å². The van der Waals surface area contributed by atoms with E-state index in [2.05, 4.69) is 15.0 Å². The number of sulfonamides is 1. The number of unbranched alkanes of at least 4 members (excludes halogenated alkanes) is 1. The first-order valence-corrected chi connectivity index (χ1v) is 7.22. The van der Waals surface area contributed by atoms with Crippen LogP contribution in [0.25, 0.3) is 0 Å². The summed E-state index contributed by atoms with van der Waals surface area (Å²) < 4.78 is 30.8. The van der Waals surface area contributed by atoms with Gasteiger partial charge in [0.25, 0.3) is 0 Å². The molecule has 0 fully saturated rings. The molecule has 0 saturated heterocycles. The van der Waals surface area contributed by atoms with Crippen LogP contribution in [-0.2, 0) is 16.6 Å². The summed E-state index contributed by atoms with van der Waals surface area (Å²) in [7, 11) is -1.38. The molecule has 6 nitrogen and oxygen atoms in total. The molecule has 17 heavy (non-hydrogen) atoms. The Bertz CT molecular complexity index is 428. The predicted octanol–water partition coefficient (Wildman–Crippen LogP) is 0.402. The smallest absolute Gasteiger partial charge is 0.212 e. The van der Waals surface area contributed by atoms with Crippen LogP contribution in [0.1, 0.15) is 24.5 Å².